The molecule has 0 bridgehead atoms. The van der Waals surface area contributed by atoms with E-state index in [4.69, 9.17) is 0 Å². The molecule has 0 unspecified atom stereocenters. The molecule has 5 nitrogen and oxygen atoms in total. The van der Waals surface area contributed by atoms with Gasteiger partial charge < -0.3 is 9.47 Å². The van der Waals surface area contributed by atoms with E-state index in [1.807, 2.05) is 24.5 Å². The highest BCUT2D eigenvalue weighted by atomic mass is 16.2. The van der Waals surface area contributed by atoms with E-state index in [1.54, 1.807) is 0 Å². The number of carbonyl (C=O) groups excluding carboxylic acids is 1. The zero-order chi connectivity index (χ0) is 16.1. The lowest BCUT2D eigenvalue weighted by atomic mass is 10.1. The third-order valence-corrected chi connectivity index (χ3v) is 5.66. The summed E-state index contributed by atoms with van der Waals surface area (Å²) in [5, 5.41) is 0. The smallest absolute Gasteiger partial charge is 0.270 e. The van der Waals surface area contributed by atoms with Gasteiger partial charge in [0.1, 0.15) is 5.69 Å². The molecular weight excluding hydrogens is 300 g/mol. The fourth-order valence-corrected chi connectivity index (χ4v) is 4.26. The van der Waals surface area contributed by atoms with Gasteiger partial charge in [-0.1, -0.05) is 0 Å². The minimum Gasteiger partial charge on any atom is -0.337 e. The van der Waals surface area contributed by atoms with Crippen LogP contribution in [-0.2, 0) is 6.54 Å². The van der Waals surface area contributed by atoms with Gasteiger partial charge in [0.25, 0.3) is 5.91 Å². The zero-order valence-electron chi connectivity index (χ0n) is 13.7. The average Bonchev–Trinajstić information content (AvgIpc) is 3.11. The summed E-state index contributed by atoms with van der Waals surface area (Å²) in [5.74, 6) is 0.948. The maximum Gasteiger partial charge on any atom is 0.270 e. The second-order valence-corrected chi connectivity index (χ2v) is 7.39. The summed E-state index contributed by atoms with van der Waals surface area (Å²) in [6.45, 7) is 3.83. The maximum atomic E-state index is 12.9. The van der Waals surface area contributed by atoms with Crippen LogP contribution >= 0.6 is 0 Å². The van der Waals surface area contributed by atoms with Gasteiger partial charge in [0.05, 0.1) is 12.1 Å². The molecule has 2 aromatic rings. The number of likely N-dealkylation sites (tertiary alicyclic amines) is 1. The fourth-order valence-electron chi connectivity index (χ4n) is 4.26. The van der Waals surface area contributed by atoms with Crippen LogP contribution in [0.5, 0.6) is 0 Å². The Morgan fingerprint density at radius 3 is 2.67 bits per heavy atom. The lowest BCUT2D eigenvalue weighted by molar-refractivity contribution is 0.0565. The summed E-state index contributed by atoms with van der Waals surface area (Å²) in [5.41, 5.74) is 2.15. The molecule has 2 atom stereocenters. The Balaban J connectivity index is 1.42. The van der Waals surface area contributed by atoms with Crippen LogP contribution < -0.4 is 0 Å². The topological polar surface area (TPSA) is 41.4 Å². The number of hydrogen-bond acceptors (Lipinski definition) is 3. The quantitative estimate of drug-likeness (QED) is 0.866. The summed E-state index contributed by atoms with van der Waals surface area (Å²) >= 11 is 0. The second-order valence-electron chi connectivity index (χ2n) is 7.39. The van der Waals surface area contributed by atoms with E-state index in [2.05, 4.69) is 37.7 Å². The molecule has 5 heteroatoms. The van der Waals surface area contributed by atoms with Crippen LogP contribution in [0.4, 0.5) is 0 Å². The van der Waals surface area contributed by atoms with Crippen molar-refractivity contribution in [3.63, 3.8) is 0 Å². The zero-order valence-corrected chi connectivity index (χ0v) is 13.7. The molecule has 0 aromatic carbocycles. The van der Waals surface area contributed by atoms with Crippen molar-refractivity contribution in [2.45, 2.75) is 31.5 Å². The van der Waals surface area contributed by atoms with Gasteiger partial charge in [-0.2, -0.15) is 0 Å². The Labute approximate surface area is 141 Å². The third-order valence-electron chi connectivity index (χ3n) is 5.66. The minimum atomic E-state index is 0.221. The third kappa shape index (κ3) is 2.35. The van der Waals surface area contributed by atoms with Gasteiger partial charge in [0.15, 0.2) is 0 Å². The largest absolute Gasteiger partial charge is 0.337 e. The van der Waals surface area contributed by atoms with Crippen LogP contribution in [0.1, 0.15) is 34.9 Å². The molecule has 1 saturated heterocycles. The van der Waals surface area contributed by atoms with Crippen LogP contribution in [-0.4, -0.2) is 50.9 Å². The summed E-state index contributed by atoms with van der Waals surface area (Å²) < 4.78 is 2.21. The highest BCUT2D eigenvalue weighted by molar-refractivity contribution is 5.94. The summed E-state index contributed by atoms with van der Waals surface area (Å²) in [4.78, 5) is 21.7. The fraction of sp³-hybridized carbons (Fsp3) is 0.474. The van der Waals surface area contributed by atoms with Crippen molar-refractivity contribution in [1.82, 2.24) is 19.4 Å². The molecule has 124 valence electrons. The van der Waals surface area contributed by atoms with Gasteiger partial charge >= 0.3 is 0 Å². The molecule has 5 rings (SSSR count). The molecule has 0 N–H and O–H groups in total. The van der Waals surface area contributed by atoms with Gasteiger partial charge in [0, 0.05) is 44.8 Å². The van der Waals surface area contributed by atoms with E-state index in [-0.39, 0.29) is 5.91 Å². The summed E-state index contributed by atoms with van der Waals surface area (Å²) in [7, 11) is 0. The Morgan fingerprint density at radius 1 is 1.08 bits per heavy atom. The van der Waals surface area contributed by atoms with Crippen molar-refractivity contribution >= 4 is 5.91 Å². The number of carbonyl (C=O) groups is 1. The number of pyridine rings is 1. The number of hydrogen-bond donors (Lipinski definition) is 0. The first-order valence-electron chi connectivity index (χ1n) is 8.88. The van der Waals surface area contributed by atoms with Crippen molar-refractivity contribution in [2.75, 3.05) is 19.6 Å². The molecule has 1 aliphatic carbocycles. The molecule has 2 fully saturated rings. The Kier molecular flexibility index (Phi) is 3.23. The number of rotatable bonds is 4. The van der Waals surface area contributed by atoms with Crippen molar-refractivity contribution in [2.24, 2.45) is 5.92 Å². The highest BCUT2D eigenvalue weighted by Crippen LogP contribution is 2.38. The SMILES string of the molecule is O=C1c2cccn2[C@@H]2CN(Cc3ccncc3)C[C@@H]2N1CC1CC1. The number of amides is 1. The lowest BCUT2D eigenvalue weighted by Gasteiger charge is -2.38. The van der Waals surface area contributed by atoms with E-state index in [9.17, 15) is 4.79 Å². The minimum absolute atomic E-state index is 0.221. The highest BCUT2D eigenvalue weighted by Gasteiger charge is 2.46. The monoisotopic (exact) mass is 322 g/mol. The van der Waals surface area contributed by atoms with Crippen LogP contribution in [0.3, 0.4) is 0 Å². The summed E-state index contributed by atoms with van der Waals surface area (Å²) in [6.07, 6.45) is 8.35. The van der Waals surface area contributed by atoms with Crippen LogP contribution in [0.15, 0.2) is 42.9 Å². The number of fused-ring (bicyclic) bond motifs is 3. The molecule has 1 saturated carbocycles. The second kappa shape index (κ2) is 5.45. The maximum absolute atomic E-state index is 12.9. The van der Waals surface area contributed by atoms with Crippen molar-refractivity contribution < 1.29 is 4.79 Å². The number of aromatic nitrogens is 2. The molecule has 24 heavy (non-hydrogen) atoms. The van der Waals surface area contributed by atoms with Crippen molar-refractivity contribution in [1.29, 1.82) is 0 Å². The molecule has 4 heterocycles. The molecule has 1 amide bonds. The first-order valence-corrected chi connectivity index (χ1v) is 8.88. The Hall–Kier alpha value is -2.14. The standard InChI is InChI=1S/C19H22N4O/c24-19-16-2-1-9-22(16)17-12-21(10-15-5-7-20-8-6-15)13-18(17)23(19)11-14-3-4-14/h1-2,5-9,14,17-18H,3-4,10-13H2/t17-,18+/m1/s1. The van der Waals surface area contributed by atoms with Crippen LogP contribution in [0.25, 0.3) is 0 Å². The van der Waals surface area contributed by atoms with Crippen LogP contribution in [0, 0.1) is 5.92 Å². The Morgan fingerprint density at radius 2 is 1.88 bits per heavy atom. The predicted octanol–water partition coefficient (Wildman–Crippen LogP) is 2.17. The van der Waals surface area contributed by atoms with Crippen LogP contribution in [0.2, 0.25) is 0 Å². The van der Waals surface area contributed by atoms with Gasteiger partial charge in [-0.05, 0) is 48.6 Å². The van der Waals surface area contributed by atoms with Gasteiger partial charge in [0.2, 0.25) is 0 Å². The van der Waals surface area contributed by atoms with Crippen molar-refractivity contribution in [3.8, 4) is 0 Å². The lowest BCUT2D eigenvalue weighted by Crippen LogP contribution is -2.51. The summed E-state index contributed by atoms with van der Waals surface area (Å²) in [6, 6.07) is 8.83. The predicted molar refractivity (Wildman–Crippen MR) is 90.5 cm³/mol. The van der Waals surface area contributed by atoms with Crippen molar-refractivity contribution in [3.05, 3.63) is 54.1 Å². The molecule has 0 spiro atoms. The molecule has 2 aliphatic heterocycles. The van der Waals surface area contributed by atoms with E-state index in [0.717, 1.165) is 37.8 Å². The number of nitrogens with zero attached hydrogens (tertiary/aromatic N) is 4. The first-order chi connectivity index (χ1) is 11.8. The average molecular weight is 322 g/mol. The van der Waals surface area contributed by atoms with Gasteiger partial charge in [-0.25, -0.2) is 0 Å². The van der Waals surface area contributed by atoms with E-state index < -0.39 is 0 Å². The Bertz CT molecular complexity index is 752. The molecular formula is C19H22N4O. The first kappa shape index (κ1) is 14.2. The van der Waals surface area contributed by atoms with E-state index in [1.165, 1.54) is 18.4 Å². The molecule has 0 radical (unpaired) electrons. The normalized spacial score (nSPS) is 26.5. The van der Waals surface area contributed by atoms with Gasteiger partial charge in [-0.15, -0.1) is 0 Å². The molecule has 3 aliphatic rings. The van der Waals surface area contributed by atoms with E-state index >= 15 is 0 Å². The molecule has 2 aromatic heterocycles. The van der Waals surface area contributed by atoms with Gasteiger partial charge in [-0.3, -0.25) is 14.7 Å². The van der Waals surface area contributed by atoms with E-state index in [0.29, 0.717) is 12.1 Å².